The molecule has 0 bridgehead atoms. The van der Waals surface area contributed by atoms with Crippen molar-refractivity contribution in [3.8, 4) is 0 Å². The molecule has 2 rings (SSSR count). The van der Waals surface area contributed by atoms with Crippen LogP contribution in [0.15, 0.2) is 35.6 Å². The molecule has 7 heteroatoms. The van der Waals surface area contributed by atoms with Crippen LogP contribution in [0.2, 0.25) is 0 Å². The summed E-state index contributed by atoms with van der Waals surface area (Å²) in [5.41, 5.74) is 0.517. The molecular formula is C18H23FN2O3S. The maximum Gasteiger partial charge on any atom is 0.356 e. The van der Waals surface area contributed by atoms with Crippen LogP contribution in [-0.2, 0) is 4.74 Å². The van der Waals surface area contributed by atoms with Gasteiger partial charge < -0.3 is 9.72 Å². The number of esters is 1. The molecule has 1 heterocycles. The van der Waals surface area contributed by atoms with Crippen molar-refractivity contribution in [3.05, 3.63) is 47.5 Å². The number of imidazole rings is 1. The number of rotatable bonds is 6. The Hall–Kier alpha value is -2.15. The number of hydrogen-bond donors (Lipinski definition) is 1. The fraction of sp³-hybridized carbons (Fsp3) is 0.389. The number of halogens is 1. The molecule has 0 aliphatic carbocycles. The summed E-state index contributed by atoms with van der Waals surface area (Å²) in [5.74, 6) is -1.18. The van der Waals surface area contributed by atoms with E-state index in [1.54, 1.807) is 26.8 Å². The topological polar surface area (TPSA) is 72.0 Å². The molecule has 0 aliphatic heterocycles. The molecule has 0 unspecified atom stereocenters. The number of ketones is 1. The van der Waals surface area contributed by atoms with Crippen LogP contribution in [0.5, 0.6) is 0 Å². The third kappa shape index (κ3) is 5.70. The minimum atomic E-state index is -0.877. The van der Waals surface area contributed by atoms with Gasteiger partial charge >= 0.3 is 5.97 Å². The fourth-order valence-electron chi connectivity index (χ4n) is 1.93. The Morgan fingerprint density at radius 3 is 2.60 bits per heavy atom. The van der Waals surface area contributed by atoms with Crippen molar-refractivity contribution < 1.29 is 18.7 Å². The van der Waals surface area contributed by atoms with Crippen molar-refractivity contribution >= 4 is 23.5 Å². The molecule has 0 amide bonds. The number of benzene rings is 1. The monoisotopic (exact) mass is 366 g/mol. The van der Waals surface area contributed by atoms with Gasteiger partial charge in [0.25, 0.3) is 0 Å². The van der Waals surface area contributed by atoms with Crippen LogP contribution in [0.4, 0.5) is 4.39 Å². The molecule has 0 atom stereocenters. The van der Waals surface area contributed by atoms with Gasteiger partial charge in [-0.1, -0.05) is 37.7 Å². The molecule has 25 heavy (non-hydrogen) atoms. The molecule has 2 aromatic rings. The first-order valence-electron chi connectivity index (χ1n) is 8.05. The largest absolute Gasteiger partial charge is 0.461 e. The molecule has 5 nitrogen and oxygen atoms in total. The van der Waals surface area contributed by atoms with Crippen molar-refractivity contribution in [1.82, 2.24) is 9.97 Å². The normalized spacial score (nSPS) is 10.6. The summed E-state index contributed by atoms with van der Waals surface area (Å²) in [4.78, 5) is 31.1. The van der Waals surface area contributed by atoms with E-state index in [1.807, 2.05) is 13.8 Å². The predicted molar refractivity (Wildman–Crippen MR) is 96.6 cm³/mol. The van der Waals surface area contributed by atoms with Gasteiger partial charge in [-0.2, -0.15) is 0 Å². The lowest BCUT2D eigenvalue weighted by atomic mass is 10.0. The summed E-state index contributed by atoms with van der Waals surface area (Å²) in [7, 11) is 0. The second-order valence-electron chi connectivity index (χ2n) is 5.27. The standard InChI is InChI=1S/C16H17FN2O3S.C2H6/c1-4-22-14(21)12-9-18-15(19-12)23-16(2,3)13(20)10-6-5-7-11(17)8-10;1-2/h5-9H,4H2,1-3H3,(H,18,19);1-2H3. The smallest absolute Gasteiger partial charge is 0.356 e. The zero-order valence-corrected chi connectivity index (χ0v) is 15.9. The molecule has 0 saturated heterocycles. The average Bonchev–Trinajstić information content (AvgIpc) is 3.04. The van der Waals surface area contributed by atoms with Gasteiger partial charge in [-0.05, 0) is 32.9 Å². The van der Waals surface area contributed by atoms with E-state index in [-0.39, 0.29) is 18.1 Å². The summed E-state index contributed by atoms with van der Waals surface area (Å²) in [5, 5.41) is 0.419. The van der Waals surface area contributed by atoms with E-state index in [1.165, 1.54) is 24.4 Å². The van der Waals surface area contributed by atoms with Crippen molar-refractivity contribution in [2.24, 2.45) is 0 Å². The summed E-state index contributed by atoms with van der Waals surface area (Å²) in [6.07, 6.45) is 1.36. The molecule has 0 spiro atoms. The van der Waals surface area contributed by atoms with Gasteiger partial charge in [0, 0.05) is 5.56 Å². The lowest BCUT2D eigenvalue weighted by Gasteiger charge is -2.21. The number of Topliss-reactive ketones (excluding diaryl/α,β-unsaturated/α-hetero) is 1. The highest BCUT2D eigenvalue weighted by Crippen LogP contribution is 2.33. The quantitative estimate of drug-likeness (QED) is 0.463. The van der Waals surface area contributed by atoms with Gasteiger partial charge in [0.1, 0.15) is 11.5 Å². The molecule has 0 radical (unpaired) electrons. The molecular weight excluding hydrogens is 343 g/mol. The maximum atomic E-state index is 13.3. The predicted octanol–water partition coefficient (Wildman–Crippen LogP) is 4.51. The number of carbonyl (C=O) groups excluding carboxylic acids is 2. The third-order valence-corrected chi connectivity index (χ3v) is 4.13. The zero-order chi connectivity index (χ0) is 19.0. The van der Waals surface area contributed by atoms with Crippen molar-refractivity contribution in [2.45, 2.75) is 44.5 Å². The van der Waals surface area contributed by atoms with E-state index in [2.05, 4.69) is 9.97 Å². The Labute approximate surface area is 151 Å². The Morgan fingerprint density at radius 1 is 1.32 bits per heavy atom. The number of thioether (sulfide) groups is 1. The summed E-state index contributed by atoms with van der Waals surface area (Å²) in [6, 6.07) is 5.56. The summed E-state index contributed by atoms with van der Waals surface area (Å²) < 4.78 is 17.3. The van der Waals surface area contributed by atoms with Crippen LogP contribution >= 0.6 is 11.8 Å². The lowest BCUT2D eigenvalue weighted by Crippen LogP contribution is -2.28. The second-order valence-corrected chi connectivity index (χ2v) is 6.89. The molecule has 0 aliphatic rings. The van der Waals surface area contributed by atoms with E-state index >= 15 is 0 Å². The van der Waals surface area contributed by atoms with Gasteiger partial charge in [-0.25, -0.2) is 14.2 Å². The number of hydrogen-bond acceptors (Lipinski definition) is 5. The fourth-order valence-corrected chi connectivity index (χ4v) is 2.89. The Morgan fingerprint density at radius 2 is 2.00 bits per heavy atom. The second kappa shape index (κ2) is 9.36. The van der Waals surface area contributed by atoms with E-state index in [0.717, 1.165) is 11.8 Å². The van der Waals surface area contributed by atoms with E-state index in [0.29, 0.717) is 10.7 Å². The number of aromatic nitrogens is 2. The Bertz CT molecular complexity index is 729. The minimum absolute atomic E-state index is 0.225. The van der Waals surface area contributed by atoms with E-state index in [4.69, 9.17) is 4.74 Å². The van der Waals surface area contributed by atoms with Crippen molar-refractivity contribution in [2.75, 3.05) is 6.61 Å². The first-order chi connectivity index (χ1) is 11.8. The minimum Gasteiger partial charge on any atom is -0.461 e. The van der Waals surface area contributed by atoms with Crippen LogP contribution in [0.25, 0.3) is 0 Å². The SMILES string of the molecule is CC.CCOC(=O)c1cnc(SC(C)(C)C(=O)c2cccc(F)c2)[nH]1. The molecule has 1 N–H and O–H groups in total. The van der Waals surface area contributed by atoms with Gasteiger partial charge in [0.15, 0.2) is 10.9 Å². The Balaban J connectivity index is 0.00000151. The van der Waals surface area contributed by atoms with Gasteiger partial charge in [0.2, 0.25) is 0 Å². The Kier molecular flexibility index (Phi) is 7.83. The first-order valence-corrected chi connectivity index (χ1v) is 8.86. The molecule has 0 fully saturated rings. The van der Waals surface area contributed by atoms with E-state index in [9.17, 15) is 14.0 Å². The maximum absolute atomic E-state index is 13.3. The number of nitrogens with one attached hydrogen (secondary N) is 1. The number of aromatic amines is 1. The highest BCUT2D eigenvalue weighted by molar-refractivity contribution is 8.01. The van der Waals surface area contributed by atoms with Gasteiger partial charge in [-0.15, -0.1) is 0 Å². The van der Waals surface area contributed by atoms with Crippen LogP contribution < -0.4 is 0 Å². The van der Waals surface area contributed by atoms with Gasteiger partial charge in [-0.3, -0.25) is 4.79 Å². The summed E-state index contributed by atoms with van der Waals surface area (Å²) in [6.45, 7) is 9.42. The molecule has 0 saturated carbocycles. The first kappa shape index (κ1) is 20.9. The highest BCUT2D eigenvalue weighted by atomic mass is 32.2. The van der Waals surface area contributed by atoms with Crippen molar-refractivity contribution in [3.63, 3.8) is 0 Å². The third-order valence-electron chi connectivity index (χ3n) is 3.03. The molecule has 1 aromatic heterocycles. The number of ether oxygens (including phenoxy) is 1. The van der Waals surface area contributed by atoms with Crippen LogP contribution in [-0.4, -0.2) is 33.1 Å². The number of carbonyl (C=O) groups is 2. The number of nitrogens with zero attached hydrogens (tertiary/aromatic N) is 1. The van der Waals surface area contributed by atoms with Crippen LogP contribution in [0, 0.1) is 5.82 Å². The lowest BCUT2D eigenvalue weighted by molar-refractivity contribution is 0.0519. The average molecular weight is 366 g/mol. The molecule has 136 valence electrons. The molecule has 1 aromatic carbocycles. The highest BCUT2D eigenvalue weighted by Gasteiger charge is 2.31. The zero-order valence-electron chi connectivity index (χ0n) is 15.1. The van der Waals surface area contributed by atoms with Crippen molar-refractivity contribution in [1.29, 1.82) is 0 Å². The summed E-state index contributed by atoms with van der Waals surface area (Å²) >= 11 is 1.16. The van der Waals surface area contributed by atoms with Crippen LogP contribution in [0.1, 0.15) is 55.5 Å². The number of H-pyrrole nitrogens is 1. The van der Waals surface area contributed by atoms with Crippen LogP contribution in [0.3, 0.4) is 0 Å². The van der Waals surface area contributed by atoms with E-state index < -0.39 is 16.5 Å². The van der Waals surface area contributed by atoms with Gasteiger partial charge in [0.05, 0.1) is 17.6 Å².